The van der Waals surface area contributed by atoms with Crippen molar-refractivity contribution in [2.45, 2.75) is 6.92 Å². The average Bonchev–Trinajstić information content (AvgIpc) is 2.28. The van der Waals surface area contributed by atoms with Crippen LogP contribution in [-0.2, 0) is 0 Å². The maximum absolute atomic E-state index is 6.28. The molecule has 2 rings (SSSR count). The van der Waals surface area contributed by atoms with E-state index < -0.39 is 0 Å². The van der Waals surface area contributed by atoms with Crippen molar-refractivity contribution in [1.82, 2.24) is 0 Å². The van der Waals surface area contributed by atoms with Crippen molar-refractivity contribution < 1.29 is 0 Å². The fraction of sp³-hybridized carbons (Fsp3) is 0.200. The second-order valence-electron chi connectivity index (χ2n) is 4.32. The van der Waals surface area contributed by atoms with E-state index in [1.165, 1.54) is 5.56 Å². The zero-order valence-corrected chi connectivity index (χ0v) is 11.0. The van der Waals surface area contributed by atoms with Crippen LogP contribution in [0.3, 0.4) is 0 Å². The molecule has 2 heteroatoms. The number of rotatable bonds is 2. The molecule has 87 valence electrons. The molecule has 0 aromatic heterocycles. The maximum atomic E-state index is 6.28. The largest absolute Gasteiger partial charge is 0.377 e. The summed E-state index contributed by atoms with van der Waals surface area (Å²) < 4.78 is 0. The van der Waals surface area contributed by atoms with Gasteiger partial charge in [0, 0.05) is 31.4 Å². The highest BCUT2D eigenvalue weighted by atomic mass is 35.5. The molecule has 1 nitrogen and oxygen atoms in total. The lowest BCUT2D eigenvalue weighted by Crippen LogP contribution is -2.10. The lowest BCUT2D eigenvalue weighted by Gasteiger charge is -2.18. The van der Waals surface area contributed by atoms with E-state index in [1.54, 1.807) is 0 Å². The number of benzene rings is 2. The van der Waals surface area contributed by atoms with E-state index in [4.69, 9.17) is 11.6 Å². The smallest absolute Gasteiger partial charge is 0.0584 e. The van der Waals surface area contributed by atoms with E-state index in [0.29, 0.717) is 5.02 Å². The first-order valence-electron chi connectivity index (χ1n) is 5.54. The lowest BCUT2D eigenvalue weighted by molar-refractivity contribution is 1.13. The highest BCUT2D eigenvalue weighted by molar-refractivity contribution is 6.33. The third kappa shape index (κ3) is 2.45. The summed E-state index contributed by atoms with van der Waals surface area (Å²) in [6.07, 6.45) is 0. The van der Waals surface area contributed by atoms with Gasteiger partial charge in [-0.15, -0.1) is 0 Å². The van der Waals surface area contributed by atoms with Crippen LogP contribution in [0.4, 0.5) is 5.69 Å². The highest BCUT2D eigenvalue weighted by Gasteiger charge is 2.11. The Morgan fingerprint density at radius 1 is 1.18 bits per heavy atom. The topological polar surface area (TPSA) is 3.24 Å². The molecule has 0 bridgehead atoms. The molecule has 0 unspecified atom stereocenters. The van der Waals surface area contributed by atoms with Crippen molar-refractivity contribution in [3.05, 3.63) is 53.1 Å². The summed E-state index contributed by atoms with van der Waals surface area (Å²) in [6.45, 7) is 2.08. The molecule has 1 radical (unpaired) electrons. The summed E-state index contributed by atoms with van der Waals surface area (Å²) in [6, 6.07) is 15.3. The molecular weight excluding hydrogens is 230 g/mol. The molecule has 0 aliphatic rings. The monoisotopic (exact) mass is 244 g/mol. The molecule has 0 saturated carbocycles. The van der Waals surface area contributed by atoms with Crippen LogP contribution in [-0.4, -0.2) is 14.1 Å². The Morgan fingerprint density at radius 3 is 2.59 bits per heavy atom. The maximum Gasteiger partial charge on any atom is 0.0584 e. The number of nitrogens with zero attached hydrogens (tertiary/aromatic N) is 1. The Kier molecular flexibility index (Phi) is 3.39. The van der Waals surface area contributed by atoms with Gasteiger partial charge in [0.2, 0.25) is 0 Å². The number of anilines is 1. The molecular formula is C15H15ClN. The Balaban J connectivity index is 2.65. The zero-order chi connectivity index (χ0) is 12.4. The number of halogens is 1. The average molecular weight is 245 g/mol. The van der Waals surface area contributed by atoms with Crippen LogP contribution in [0, 0.1) is 13.0 Å². The first kappa shape index (κ1) is 12.0. The fourth-order valence-corrected chi connectivity index (χ4v) is 2.18. The van der Waals surface area contributed by atoms with E-state index >= 15 is 0 Å². The minimum atomic E-state index is 0.668. The minimum absolute atomic E-state index is 0.668. The van der Waals surface area contributed by atoms with E-state index in [0.717, 1.165) is 16.8 Å². The van der Waals surface area contributed by atoms with Gasteiger partial charge in [-0.2, -0.15) is 0 Å². The molecule has 0 atom stereocenters. The number of hydrogen-bond acceptors (Lipinski definition) is 1. The molecule has 2 aromatic carbocycles. The summed E-state index contributed by atoms with van der Waals surface area (Å²) in [5.41, 5.74) is 4.52. The van der Waals surface area contributed by atoms with Crippen molar-refractivity contribution in [2.75, 3.05) is 19.0 Å². The summed E-state index contributed by atoms with van der Waals surface area (Å²) in [5, 5.41) is 0.668. The predicted octanol–water partition coefficient (Wildman–Crippen LogP) is 4.18. The highest BCUT2D eigenvalue weighted by Crippen LogP contribution is 2.36. The normalized spacial score (nSPS) is 10.4. The Bertz CT molecular complexity index is 532. The van der Waals surface area contributed by atoms with Gasteiger partial charge < -0.3 is 4.90 Å². The van der Waals surface area contributed by atoms with Gasteiger partial charge in [-0.1, -0.05) is 47.5 Å². The molecule has 0 N–H and O–H groups in total. The van der Waals surface area contributed by atoms with Crippen LogP contribution >= 0.6 is 11.6 Å². The van der Waals surface area contributed by atoms with Gasteiger partial charge >= 0.3 is 0 Å². The van der Waals surface area contributed by atoms with E-state index in [1.807, 2.05) is 32.3 Å². The SMILES string of the molecule is Cc1cccc(-c2c(Cl)[c]ccc2N(C)C)c1. The molecule has 0 aliphatic heterocycles. The summed E-state index contributed by atoms with van der Waals surface area (Å²) in [7, 11) is 4.04. The summed E-state index contributed by atoms with van der Waals surface area (Å²) >= 11 is 6.28. The van der Waals surface area contributed by atoms with E-state index in [2.05, 4.69) is 36.1 Å². The zero-order valence-electron chi connectivity index (χ0n) is 10.3. The van der Waals surface area contributed by atoms with Crippen LogP contribution in [0.15, 0.2) is 36.4 Å². The second-order valence-corrected chi connectivity index (χ2v) is 4.69. The summed E-state index contributed by atoms with van der Waals surface area (Å²) in [5.74, 6) is 0. The first-order chi connectivity index (χ1) is 8.09. The van der Waals surface area contributed by atoms with Gasteiger partial charge in [-0.25, -0.2) is 0 Å². The molecule has 0 saturated heterocycles. The van der Waals surface area contributed by atoms with Gasteiger partial charge in [0.05, 0.1) is 5.02 Å². The van der Waals surface area contributed by atoms with Crippen LogP contribution in [0.5, 0.6) is 0 Å². The van der Waals surface area contributed by atoms with Gasteiger partial charge in [-0.3, -0.25) is 0 Å². The first-order valence-corrected chi connectivity index (χ1v) is 5.92. The molecule has 0 spiro atoms. The molecule has 0 aliphatic carbocycles. The molecule has 0 fully saturated rings. The Labute approximate surface area is 108 Å². The van der Waals surface area contributed by atoms with Crippen molar-refractivity contribution in [3.63, 3.8) is 0 Å². The lowest BCUT2D eigenvalue weighted by atomic mass is 10.0. The standard InChI is InChI=1S/C15H15ClN/c1-11-6-4-7-12(10-11)15-13(16)8-5-9-14(15)17(2)3/h4-7,9-10H,1-3H3. The fourth-order valence-electron chi connectivity index (χ4n) is 1.91. The molecule has 0 amide bonds. The number of hydrogen-bond donors (Lipinski definition) is 0. The van der Waals surface area contributed by atoms with Crippen molar-refractivity contribution in [3.8, 4) is 11.1 Å². The summed E-state index contributed by atoms with van der Waals surface area (Å²) in [4.78, 5) is 2.07. The molecule has 0 heterocycles. The van der Waals surface area contributed by atoms with Crippen LogP contribution < -0.4 is 4.90 Å². The minimum Gasteiger partial charge on any atom is -0.377 e. The second kappa shape index (κ2) is 4.80. The van der Waals surface area contributed by atoms with Gasteiger partial charge in [0.15, 0.2) is 0 Å². The van der Waals surface area contributed by atoms with Gasteiger partial charge in [-0.05, 0) is 18.6 Å². The van der Waals surface area contributed by atoms with Crippen molar-refractivity contribution >= 4 is 17.3 Å². The van der Waals surface area contributed by atoms with Gasteiger partial charge in [0.1, 0.15) is 0 Å². The quantitative estimate of drug-likeness (QED) is 0.766. The van der Waals surface area contributed by atoms with E-state index in [9.17, 15) is 0 Å². The van der Waals surface area contributed by atoms with Crippen molar-refractivity contribution in [1.29, 1.82) is 0 Å². The third-order valence-electron chi connectivity index (χ3n) is 2.72. The third-order valence-corrected chi connectivity index (χ3v) is 3.01. The van der Waals surface area contributed by atoms with Gasteiger partial charge in [0.25, 0.3) is 0 Å². The predicted molar refractivity (Wildman–Crippen MR) is 74.8 cm³/mol. The molecule has 17 heavy (non-hydrogen) atoms. The van der Waals surface area contributed by atoms with Crippen molar-refractivity contribution in [2.24, 2.45) is 0 Å². The molecule has 2 aromatic rings. The van der Waals surface area contributed by atoms with Crippen LogP contribution in [0.25, 0.3) is 11.1 Å². The Morgan fingerprint density at radius 2 is 1.94 bits per heavy atom. The van der Waals surface area contributed by atoms with Crippen LogP contribution in [0.2, 0.25) is 5.02 Å². The Hall–Kier alpha value is -1.47. The van der Waals surface area contributed by atoms with Crippen LogP contribution in [0.1, 0.15) is 5.56 Å². The number of aryl methyl sites for hydroxylation is 1. The van der Waals surface area contributed by atoms with E-state index in [-0.39, 0.29) is 0 Å².